The Hall–Kier alpha value is -1.79. The van der Waals surface area contributed by atoms with Gasteiger partial charge in [0.1, 0.15) is 12.4 Å². The fraction of sp³-hybridized carbons (Fsp3) is 0.611. The number of rotatable bonds is 11. The number of aryl methyl sites for hydroxylation is 1. The van der Waals surface area contributed by atoms with E-state index >= 15 is 0 Å². The smallest absolute Gasteiger partial charge is 0.319 e. The molecule has 1 aromatic rings. The topological polar surface area (TPSA) is 68.8 Å². The average Bonchev–Trinajstić information content (AvgIpc) is 2.53. The molecule has 0 bridgehead atoms. The van der Waals surface area contributed by atoms with Crippen molar-refractivity contribution in [3.05, 3.63) is 23.8 Å². The quantitative estimate of drug-likeness (QED) is 0.608. The van der Waals surface area contributed by atoms with Gasteiger partial charge in [-0.25, -0.2) is 4.79 Å². The van der Waals surface area contributed by atoms with Crippen LogP contribution in [-0.2, 0) is 9.47 Å². The Labute approximate surface area is 144 Å². The number of amides is 2. The second kappa shape index (κ2) is 11.7. The molecule has 6 heteroatoms. The number of urea groups is 1. The maximum absolute atomic E-state index is 12.0. The fourth-order valence-corrected chi connectivity index (χ4v) is 1.95. The average molecular weight is 338 g/mol. The monoisotopic (exact) mass is 338 g/mol. The van der Waals surface area contributed by atoms with Crippen LogP contribution >= 0.6 is 0 Å². The van der Waals surface area contributed by atoms with Crippen molar-refractivity contribution in [3.8, 4) is 5.75 Å². The van der Waals surface area contributed by atoms with Gasteiger partial charge in [-0.15, -0.1) is 0 Å². The Morgan fingerprint density at radius 2 is 2.00 bits per heavy atom. The molecule has 0 saturated carbocycles. The number of anilines is 1. The van der Waals surface area contributed by atoms with Crippen molar-refractivity contribution in [2.75, 3.05) is 45.4 Å². The predicted octanol–water partition coefficient (Wildman–Crippen LogP) is 3.20. The number of hydrogen-bond donors (Lipinski definition) is 2. The van der Waals surface area contributed by atoms with E-state index in [1.807, 2.05) is 25.1 Å². The Morgan fingerprint density at radius 3 is 2.71 bits per heavy atom. The third-order valence-electron chi connectivity index (χ3n) is 3.13. The van der Waals surface area contributed by atoms with Crippen LogP contribution in [0.15, 0.2) is 18.2 Å². The first-order valence-electron chi connectivity index (χ1n) is 8.38. The summed E-state index contributed by atoms with van der Waals surface area (Å²) < 4.78 is 16.1. The molecule has 0 aliphatic carbocycles. The van der Waals surface area contributed by atoms with Gasteiger partial charge in [0.15, 0.2) is 0 Å². The Balaban J connectivity index is 2.37. The van der Waals surface area contributed by atoms with Crippen LogP contribution in [0.3, 0.4) is 0 Å². The van der Waals surface area contributed by atoms with Gasteiger partial charge in [-0.1, -0.05) is 19.9 Å². The van der Waals surface area contributed by atoms with Gasteiger partial charge in [0.05, 0.1) is 12.3 Å². The molecule has 0 spiro atoms. The van der Waals surface area contributed by atoms with E-state index < -0.39 is 0 Å². The van der Waals surface area contributed by atoms with Crippen LogP contribution in [0.25, 0.3) is 0 Å². The van der Waals surface area contributed by atoms with Gasteiger partial charge in [0, 0.05) is 26.9 Å². The van der Waals surface area contributed by atoms with Gasteiger partial charge >= 0.3 is 6.03 Å². The van der Waals surface area contributed by atoms with E-state index in [4.69, 9.17) is 14.2 Å². The molecule has 0 heterocycles. The van der Waals surface area contributed by atoms with E-state index in [9.17, 15) is 4.79 Å². The zero-order chi connectivity index (χ0) is 17.8. The van der Waals surface area contributed by atoms with Gasteiger partial charge in [-0.3, -0.25) is 0 Å². The molecular weight excluding hydrogens is 308 g/mol. The molecule has 0 atom stereocenters. The SMILES string of the molecule is COCCOc1cc(C)ccc1NC(=O)NCCCOCC(C)C. The third-order valence-corrected chi connectivity index (χ3v) is 3.13. The van der Waals surface area contributed by atoms with Crippen LogP contribution in [0.4, 0.5) is 10.5 Å². The fourth-order valence-electron chi connectivity index (χ4n) is 1.95. The molecule has 6 nitrogen and oxygen atoms in total. The minimum atomic E-state index is -0.251. The summed E-state index contributed by atoms with van der Waals surface area (Å²) in [6, 6.07) is 5.41. The molecule has 136 valence electrons. The van der Waals surface area contributed by atoms with Crippen molar-refractivity contribution in [2.45, 2.75) is 27.2 Å². The summed E-state index contributed by atoms with van der Waals surface area (Å²) in [5, 5.41) is 5.64. The number of ether oxygens (including phenoxy) is 3. The van der Waals surface area contributed by atoms with Crippen molar-refractivity contribution in [2.24, 2.45) is 5.92 Å². The van der Waals surface area contributed by atoms with Gasteiger partial charge in [-0.2, -0.15) is 0 Å². The lowest BCUT2D eigenvalue weighted by atomic mass is 10.2. The molecule has 1 aromatic carbocycles. The zero-order valence-corrected chi connectivity index (χ0v) is 15.2. The maximum atomic E-state index is 12.0. The van der Waals surface area contributed by atoms with E-state index in [-0.39, 0.29) is 6.03 Å². The Bertz CT molecular complexity index is 492. The number of hydrogen-bond acceptors (Lipinski definition) is 4. The van der Waals surface area contributed by atoms with Crippen molar-refractivity contribution in [1.82, 2.24) is 5.32 Å². The van der Waals surface area contributed by atoms with Crippen molar-refractivity contribution in [1.29, 1.82) is 0 Å². The number of carbonyl (C=O) groups excluding carboxylic acids is 1. The molecule has 0 unspecified atom stereocenters. The number of nitrogens with one attached hydrogen (secondary N) is 2. The molecule has 2 N–H and O–H groups in total. The zero-order valence-electron chi connectivity index (χ0n) is 15.2. The maximum Gasteiger partial charge on any atom is 0.319 e. The van der Waals surface area contributed by atoms with Crippen LogP contribution in [0.2, 0.25) is 0 Å². The highest BCUT2D eigenvalue weighted by Gasteiger charge is 2.08. The number of methoxy groups -OCH3 is 1. The first-order chi connectivity index (χ1) is 11.5. The number of benzene rings is 1. The predicted molar refractivity (Wildman–Crippen MR) is 95.8 cm³/mol. The van der Waals surface area contributed by atoms with E-state index in [1.165, 1.54) is 0 Å². The van der Waals surface area contributed by atoms with Crippen LogP contribution < -0.4 is 15.4 Å². The molecule has 0 aliphatic heterocycles. The summed E-state index contributed by atoms with van der Waals surface area (Å²) in [6.45, 7) is 9.09. The Morgan fingerprint density at radius 1 is 1.21 bits per heavy atom. The number of carbonyl (C=O) groups is 1. The lowest BCUT2D eigenvalue weighted by Crippen LogP contribution is -2.30. The summed E-state index contributed by atoms with van der Waals surface area (Å²) in [7, 11) is 1.62. The van der Waals surface area contributed by atoms with Crippen molar-refractivity contribution in [3.63, 3.8) is 0 Å². The molecular formula is C18H30N2O4. The lowest BCUT2D eigenvalue weighted by molar-refractivity contribution is 0.108. The summed E-state index contributed by atoms with van der Waals surface area (Å²) in [6.07, 6.45) is 0.783. The standard InChI is InChI=1S/C18H30N2O4/c1-14(2)13-23-9-5-8-19-18(21)20-16-7-6-15(3)12-17(16)24-11-10-22-4/h6-7,12,14H,5,8-11,13H2,1-4H3,(H2,19,20,21). The van der Waals surface area contributed by atoms with Crippen LogP contribution in [0.5, 0.6) is 5.75 Å². The third kappa shape index (κ3) is 8.74. The highest BCUT2D eigenvalue weighted by Crippen LogP contribution is 2.25. The lowest BCUT2D eigenvalue weighted by Gasteiger charge is -2.14. The summed E-state index contributed by atoms with van der Waals surface area (Å²) in [5.74, 6) is 1.17. The van der Waals surface area contributed by atoms with Gasteiger partial charge < -0.3 is 24.8 Å². The van der Waals surface area contributed by atoms with Crippen molar-refractivity contribution >= 4 is 11.7 Å². The molecule has 0 saturated heterocycles. The highest BCUT2D eigenvalue weighted by atomic mass is 16.5. The normalized spacial score (nSPS) is 10.7. The largest absolute Gasteiger partial charge is 0.489 e. The second-order valence-electron chi connectivity index (χ2n) is 6.04. The van der Waals surface area contributed by atoms with Gasteiger partial charge in [0.25, 0.3) is 0 Å². The first-order valence-corrected chi connectivity index (χ1v) is 8.38. The Kier molecular flexibility index (Phi) is 9.88. The summed E-state index contributed by atoms with van der Waals surface area (Å²) >= 11 is 0. The minimum absolute atomic E-state index is 0.251. The van der Waals surface area contributed by atoms with Crippen LogP contribution in [0.1, 0.15) is 25.8 Å². The molecule has 0 aromatic heterocycles. The highest BCUT2D eigenvalue weighted by molar-refractivity contribution is 5.90. The minimum Gasteiger partial charge on any atom is -0.489 e. The van der Waals surface area contributed by atoms with Crippen LogP contribution in [0, 0.1) is 12.8 Å². The molecule has 0 radical (unpaired) electrons. The van der Waals surface area contributed by atoms with E-state index in [0.717, 1.165) is 18.6 Å². The molecule has 2 amide bonds. The second-order valence-corrected chi connectivity index (χ2v) is 6.04. The first kappa shape index (κ1) is 20.3. The van der Waals surface area contributed by atoms with Gasteiger partial charge in [0.2, 0.25) is 0 Å². The van der Waals surface area contributed by atoms with Gasteiger partial charge in [-0.05, 0) is 37.0 Å². The van der Waals surface area contributed by atoms with E-state index in [1.54, 1.807) is 7.11 Å². The van der Waals surface area contributed by atoms with E-state index in [0.29, 0.717) is 43.7 Å². The molecule has 24 heavy (non-hydrogen) atoms. The van der Waals surface area contributed by atoms with Crippen molar-refractivity contribution < 1.29 is 19.0 Å². The summed E-state index contributed by atoms with van der Waals surface area (Å²) in [5.41, 5.74) is 1.71. The van der Waals surface area contributed by atoms with Crippen LogP contribution in [-0.4, -0.2) is 46.1 Å². The van der Waals surface area contributed by atoms with E-state index in [2.05, 4.69) is 24.5 Å². The summed E-state index contributed by atoms with van der Waals surface area (Å²) in [4.78, 5) is 12.0. The molecule has 1 rings (SSSR count). The molecule has 0 aliphatic rings. The molecule has 0 fully saturated rings.